The molecule has 0 bridgehead atoms. The summed E-state index contributed by atoms with van der Waals surface area (Å²) in [5.74, 6) is 0. The lowest BCUT2D eigenvalue weighted by molar-refractivity contribution is 0.318. The molecule has 18 heavy (non-hydrogen) atoms. The van der Waals surface area contributed by atoms with Gasteiger partial charge in [-0.05, 0) is 36.4 Å². The molecule has 0 spiro atoms. The number of pyridine rings is 1. The highest BCUT2D eigenvalue weighted by molar-refractivity contribution is 9.10. The van der Waals surface area contributed by atoms with Crippen LogP contribution in [-0.4, -0.2) is 16.9 Å². The summed E-state index contributed by atoms with van der Waals surface area (Å²) < 4.78 is 1.14. The van der Waals surface area contributed by atoms with Crippen LogP contribution in [-0.2, 0) is 13.1 Å². The van der Waals surface area contributed by atoms with Crippen LogP contribution < -0.4 is 0 Å². The van der Waals surface area contributed by atoms with Crippen molar-refractivity contribution in [1.82, 2.24) is 9.88 Å². The van der Waals surface area contributed by atoms with E-state index >= 15 is 0 Å². The number of halogens is 2. The largest absolute Gasteiger partial charge is 0.298 e. The Kier molecular flexibility index (Phi) is 4.75. The Bertz CT molecular complexity index is 531. The molecule has 1 heterocycles. The number of aromatic nitrogens is 1. The Balaban J connectivity index is 2.01. The normalized spacial score (nSPS) is 10.9. The first-order valence-corrected chi connectivity index (χ1v) is 6.84. The Labute approximate surface area is 121 Å². The SMILES string of the molecule is CN(Cc1ccnc(Cl)c1)Cc1ccccc1Br. The molecule has 0 saturated carbocycles. The van der Waals surface area contributed by atoms with E-state index in [2.05, 4.69) is 51.1 Å². The molecule has 2 rings (SSSR count). The van der Waals surface area contributed by atoms with Gasteiger partial charge in [0.25, 0.3) is 0 Å². The van der Waals surface area contributed by atoms with Crippen LogP contribution in [0, 0.1) is 0 Å². The first-order valence-electron chi connectivity index (χ1n) is 5.67. The van der Waals surface area contributed by atoms with E-state index < -0.39 is 0 Å². The van der Waals surface area contributed by atoms with Crippen LogP contribution in [0.1, 0.15) is 11.1 Å². The quantitative estimate of drug-likeness (QED) is 0.786. The summed E-state index contributed by atoms with van der Waals surface area (Å²) in [6, 6.07) is 12.2. The van der Waals surface area contributed by atoms with Crippen LogP contribution in [0.25, 0.3) is 0 Å². The van der Waals surface area contributed by atoms with Crippen molar-refractivity contribution < 1.29 is 0 Å². The van der Waals surface area contributed by atoms with E-state index in [1.165, 1.54) is 11.1 Å². The lowest BCUT2D eigenvalue weighted by atomic mass is 10.2. The minimum atomic E-state index is 0.543. The summed E-state index contributed by atoms with van der Waals surface area (Å²) in [7, 11) is 2.09. The van der Waals surface area contributed by atoms with Gasteiger partial charge in [0, 0.05) is 23.8 Å². The third kappa shape index (κ3) is 3.80. The predicted octanol–water partition coefficient (Wildman–Crippen LogP) is 4.13. The molecule has 0 saturated heterocycles. The molecular weight excluding hydrogens is 312 g/mol. The molecule has 0 aliphatic rings. The summed E-state index contributed by atoms with van der Waals surface area (Å²) in [4.78, 5) is 6.23. The number of benzene rings is 1. The first-order chi connectivity index (χ1) is 8.65. The molecule has 2 aromatic rings. The van der Waals surface area contributed by atoms with Crippen molar-refractivity contribution in [2.24, 2.45) is 0 Å². The monoisotopic (exact) mass is 324 g/mol. The zero-order chi connectivity index (χ0) is 13.0. The van der Waals surface area contributed by atoms with Crippen molar-refractivity contribution in [2.75, 3.05) is 7.05 Å². The Morgan fingerprint density at radius 3 is 2.72 bits per heavy atom. The third-order valence-corrected chi connectivity index (χ3v) is 3.62. The smallest absolute Gasteiger partial charge is 0.129 e. The van der Waals surface area contributed by atoms with Gasteiger partial charge in [-0.15, -0.1) is 0 Å². The van der Waals surface area contributed by atoms with Crippen LogP contribution in [0.4, 0.5) is 0 Å². The van der Waals surface area contributed by atoms with E-state index in [0.29, 0.717) is 5.15 Å². The standard InChI is InChI=1S/C14H14BrClN2/c1-18(9-11-6-7-17-14(16)8-11)10-12-4-2-3-5-13(12)15/h2-8H,9-10H2,1H3. The van der Waals surface area contributed by atoms with Crippen molar-refractivity contribution in [2.45, 2.75) is 13.1 Å². The molecule has 0 amide bonds. The lowest BCUT2D eigenvalue weighted by Gasteiger charge is -2.17. The topological polar surface area (TPSA) is 16.1 Å². The minimum Gasteiger partial charge on any atom is -0.298 e. The molecule has 1 aromatic carbocycles. The van der Waals surface area contributed by atoms with Crippen molar-refractivity contribution in [3.8, 4) is 0 Å². The van der Waals surface area contributed by atoms with Crippen LogP contribution in [0.5, 0.6) is 0 Å². The van der Waals surface area contributed by atoms with E-state index in [4.69, 9.17) is 11.6 Å². The number of nitrogens with zero attached hydrogens (tertiary/aromatic N) is 2. The van der Waals surface area contributed by atoms with Gasteiger partial charge in [0.2, 0.25) is 0 Å². The summed E-state index contributed by atoms with van der Waals surface area (Å²) >= 11 is 9.44. The maximum atomic E-state index is 5.88. The van der Waals surface area contributed by atoms with E-state index in [9.17, 15) is 0 Å². The Morgan fingerprint density at radius 1 is 1.22 bits per heavy atom. The van der Waals surface area contributed by atoms with Crippen LogP contribution in [0.2, 0.25) is 5.15 Å². The fourth-order valence-corrected chi connectivity index (χ4v) is 2.43. The Hall–Kier alpha value is -0.900. The highest BCUT2D eigenvalue weighted by Crippen LogP contribution is 2.18. The van der Waals surface area contributed by atoms with Gasteiger partial charge >= 0.3 is 0 Å². The Morgan fingerprint density at radius 2 is 2.00 bits per heavy atom. The van der Waals surface area contributed by atoms with Gasteiger partial charge in [0.1, 0.15) is 5.15 Å². The molecule has 0 aliphatic heterocycles. The minimum absolute atomic E-state index is 0.543. The number of hydrogen-bond donors (Lipinski definition) is 0. The molecule has 4 heteroatoms. The number of rotatable bonds is 4. The molecule has 0 unspecified atom stereocenters. The van der Waals surface area contributed by atoms with Gasteiger partial charge in [-0.25, -0.2) is 4.98 Å². The molecule has 94 valence electrons. The fraction of sp³-hybridized carbons (Fsp3) is 0.214. The van der Waals surface area contributed by atoms with Crippen LogP contribution in [0.15, 0.2) is 47.1 Å². The van der Waals surface area contributed by atoms with E-state index in [-0.39, 0.29) is 0 Å². The maximum Gasteiger partial charge on any atom is 0.129 e. The summed E-state index contributed by atoms with van der Waals surface area (Å²) in [6.07, 6.45) is 1.74. The molecule has 0 aliphatic carbocycles. The summed E-state index contributed by atoms with van der Waals surface area (Å²) in [5.41, 5.74) is 2.45. The average Bonchev–Trinajstić information content (AvgIpc) is 2.32. The summed E-state index contributed by atoms with van der Waals surface area (Å²) in [5, 5.41) is 0.543. The fourth-order valence-electron chi connectivity index (χ4n) is 1.83. The van der Waals surface area contributed by atoms with Gasteiger partial charge in [0.15, 0.2) is 0 Å². The zero-order valence-electron chi connectivity index (χ0n) is 10.1. The second-order valence-corrected chi connectivity index (χ2v) is 5.49. The predicted molar refractivity (Wildman–Crippen MR) is 78.6 cm³/mol. The van der Waals surface area contributed by atoms with Gasteiger partial charge in [-0.1, -0.05) is 45.7 Å². The molecule has 0 fully saturated rings. The second kappa shape index (κ2) is 6.32. The first kappa shape index (κ1) is 13.5. The lowest BCUT2D eigenvalue weighted by Crippen LogP contribution is -2.17. The molecular formula is C14H14BrClN2. The van der Waals surface area contributed by atoms with Crippen molar-refractivity contribution >= 4 is 27.5 Å². The van der Waals surface area contributed by atoms with Gasteiger partial charge in [-0.3, -0.25) is 4.90 Å². The highest BCUT2D eigenvalue weighted by atomic mass is 79.9. The van der Waals surface area contributed by atoms with E-state index in [1.54, 1.807) is 6.20 Å². The van der Waals surface area contributed by atoms with Gasteiger partial charge in [-0.2, -0.15) is 0 Å². The molecule has 0 N–H and O–H groups in total. The number of hydrogen-bond acceptors (Lipinski definition) is 2. The average molecular weight is 326 g/mol. The van der Waals surface area contributed by atoms with E-state index in [1.807, 2.05) is 18.2 Å². The van der Waals surface area contributed by atoms with Crippen molar-refractivity contribution in [1.29, 1.82) is 0 Å². The molecule has 1 aromatic heterocycles. The maximum absolute atomic E-state index is 5.88. The van der Waals surface area contributed by atoms with Crippen LogP contribution >= 0.6 is 27.5 Å². The summed E-state index contributed by atoms with van der Waals surface area (Å²) in [6.45, 7) is 1.74. The molecule has 2 nitrogen and oxygen atoms in total. The molecule has 0 atom stereocenters. The van der Waals surface area contributed by atoms with Gasteiger partial charge < -0.3 is 0 Å². The third-order valence-electron chi connectivity index (χ3n) is 2.64. The van der Waals surface area contributed by atoms with Gasteiger partial charge in [0.05, 0.1) is 0 Å². The van der Waals surface area contributed by atoms with Crippen LogP contribution in [0.3, 0.4) is 0 Å². The molecule has 0 radical (unpaired) electrons. The zero-order valence-corrected chi connectivity index (χ0v) is 12.4. The van der Waals surface area contributed by atoms with Crippen molar-refractivity contribution in [3.63, 3.8) is 0 Å². The van der Waals surface area contributed by atoms with Crippen molar-refractivity contribution in [3.05, 3.63) is 63.3 Å². The highest BCUT2D eigenvalue weighted by Gasteiger charge is 2.05. The second-order valence-electron chi connectivity index (χ2n) is 4.25. The van der Waals surface area contributed by atoms with E-state index in [0.717, 1.165) is 17.6 Å².